The van der Waals surface area contributed by atoms with Gasteiger partial charge >= 0.3 is 0 Å². The largest absolute Gasteiger partial charge is 0.271 e. The molecular formula is C19H34N2. The first kappa shape index (κ1) is 18.2. The fourth-order valence-electron chi connectivity index (χ4n) is 2.87. The molecule has 21 heavy (non-hydrogen) atoms. The van der Waals surface area contributed by atoms with E-state index in [-0.39, 0.29) is 0 Å². The predicted molar refractivity (Wildman–Crippen MR) is 93.2 cm³/mol. The summed E-state index contributed by atoms with van der Waals surface area (Å²) in [5.41, 5.74) is 5.77. The van der Waals surface area contributed by atoms with Gasteiger partial charge in [0.25, 0.3) is 0 Å². The van der Waals surface area contributed by atoms with Gasteiger partial charge in [0.2, 0.25) is 0 Å². The number of nitrogens with two attached hydrogens (primary N) is 1. The maximum atomic E-state index is 5.70. The minimum absolute atomic E-state index is 0.459. The minimum atomic E-state index is 0.459. The molecule has 1 rings (SSSR count). The summed E-state index contributed by atoms with van der Waals surface area (Å²) in [5.74, 6) is 5.70. The third-order valence-corrected chi connectivity index (χ3v) is 4.26. The highest BCUT2D eigenvalue weighted by molar-refractivity contribution is 5.22. The molecule has 0 aliphatic rings. The van der Waals surface area contributed by atoms with E-state index in [1.54, 1.807) is 0 Å². The van der Waals surface area contributed by atoms with Gasteiger partial charge in [-0.25, -0.2) is 0 Å². The molecule has 0 heterocycles. The van der Waals surface area contributed by atoms with Crippen LogP contribution in [0.1, 0.15) is 75.8 Å². The Balaban J connectivity index is 2.11. The molecule has 0 aliphatic heterocycles. The highest BCUT2D eigenvalue weighted by Gasteiger charge is 2.06. The van der Waals surface area contributed by atoms with Crippen molar-refractivity contribution in [3.8, 4) is 0 Å². The second kappa shape index (κ2) is 11.8. The standard InChI is InChI=1S/C19H34N2/c1-3-4-5-6-7-8-9-13-19(21-20)15-14-18-12-10-11-17(2)16-18/h10-12,16,19,21H,3-9,13-15,20H2,1-2H3. The van der Waals surface area contributed by atoms with Crippen LogP contribution in [0.15, 0.2) is 24.3 Å². The summed E-state index contributed by atoms with van der Waals surface area (Å²) in [7, 11) is 0. The Labute approximate surface area is 131 Å². The van der Waals surface area contributed by atoms with Crippen molar-refractivity contribution in [3.63, 3.8) is 0 Å². The lowest BCUT2D eigenvalue weighted by molar-refractivity contribution is 0.438. The van der Waals surface area contributed by atoms with Crippen LogP contribution in [0.2, 0.25) is 0 Å². The van der Waals surface area contributed by atoms with Gasteiger partial charge in [-0.2, -0.15) is 0 Å². The van der Waals surface area contributed by atoms with Gasteiger partial charge in [0.05, 0.1) is 0 Å². The quantitative estimate of drug-likeness (QED) is 0.326. The van der Waals surface area contributed by atoms with Crippen LogP contribution in [0.4, 0.5) is 0 Å². The Morgan fingerprint density at radius 2 is 1.71 bits per heavy atom. The summed E-state index contributed by atoms with van der Waals surface area (Å²) in [6, 6.07) is 9.25. The number of aryl methyl sites for hydroxylation is 2. The molecule has 0 saturated heterocycles. The summed E-state index contributed by atoms with van der Waals surface area (Å²) >= 11 is 0. The van der Waals surface area contributed by atoms with Crippen molar-refractivity contribution in [3.05, 3.63) is 35.4 Å². The molecule has 0 radical (unpaired) electrons. The highest BCUT2D eigenvalue weighted by atomic mass is 15.2. The van der Waals surface area contributed by atoms with Crippen LogP contribution in [0.3, 0.4) is 0 Å². The van der Waals surface area contributed by atoms with Gasteiger partial charge in [0, 0.05) is 6.04 Å². The number of rotatable bonds is 12. The maximum absolute atomic E-state index is 5.70. The Hall–Kier alpha value is -0.860. The smallest absolute Gasteiger partial charge is 0.0213 e. The normalized spacial score (nSPS) is 12.5. The fourth-order valence-corrected chi connectivity index (χ4v) is 2.87. The molecule has 1 unspecified atom stereocenters. The maximum Gasteiger partial charge on any atom is 0.0213 e. The van der Waals surface area contributed by atoms with E-state index in [9.17, 15) is 0 Å². The number of hydrazine groups is 1. The lowest BCUT2D eigenvalue weighted by atomic mass is 9.99. The molecule has 0 aliphatic carbocycles. The second-order valence-corrected chi connectivity index (χ2v) is 6.30. The lowest BCUT2D eigenvalue weighted by Crippen LogP contribution is -2.35. The molecule has 0 saturated carbocycles. The topological polar surface area (TPSA) is 38.0 Å². The second-order valence-electron chi connectivity index (χ2n) is 6.30. The molecule has 1 aromatic rings. The van der Waals surface area contributed by atoms with Crippen LogP contribution in [-0.2, 0) is 6.42 Å². The van der Waals surface area contributed by atoms with Crippen molar-refractivity contribution in [2.45, 2.75) is 84.1 Å². The van der Waals surface area contributed by atoms with Crippen molar-refractivity contribution < 1.29 is 0 Å². The Bertz CT molecular complexity index is 362. The van der Waals surface area contributed by atoms with Gasteiger partial charge in [-0.15, -0.1) is 0 Å². The van der Waals surface area contributed by atoms with Gasteiger partial charge in [0.1, 0.15) is 0 Å². The predicted octanol–water partition coefficient (Wildman–Crippen LogP) is 4.90. The lowest BCUT2D eigenvalue weighted by Gasteiger charge is -2.16. The zero-order valence-corrected chi connectivity index (χ0v) is 14.0. The summed E-state index contributed by atoms with van der Waals surface area (Å²) in [6.07, 6.45) is 13.0. The first-order valence-corrected chi connectivity index (χ1v) is 8.78. The molecule has 2 heteroatoms. The molecule has 1 atom stereocenters. The van der Waals surface area contributed by atoms with Crippen LogP contribution < -0.4 is 11.3 Å². The number of benzene rings is 1. The third kappa shape index (κ3) is 8.90. The Kier molecular flexibility index (Phi) is 10.2. The fraction of sp³-hybridized carbons (Fsp3) is 0.684. The number of hydrogen-bond donors (Lipinski definition) is 2. The average molecular weight is 290 g/mol. The summed E-state index contributed by atoms with van der Waals surface area (Å²) < 4.78 is 0. The molecule has 0 spiro atoms. The molecule has 3 N–H and O–H groups in total. The van der Waals surface area contributed by atoms with Crippen molar-refractivity contribution in [1.29, 1.82) is 0 Å². The van der Waals surface area contributed by atoms with E-state index >= 15 is 0 Å². The average Bonchev–Trinajstić information content (AvgIpc) is 2.49. The van der Waals surface area contributed by atoms with Crippen LogP contribution in [0, 0.1) is 6.92 Å². The Morgan fingerprint density at radius 1 is 1.00 bits per heavy atom. The van der Waals surface area contributed by atoms with Crippen molar-refractivity contribution in [2.75, 3.05) is 0 Å². The third-order valence-electron chi connectivity index (χ3n) is 4.26. The zero-order chi connectivity index (χ0) is 15.3. The van der Waals surface area contributed by atoms with Gasteiger partial charge in [0.15, 0.2) is 0 Å². The number of nitrogens with one attached hydrogen (secondary N) is 1. The molecule has 2 nitrogen and oxygen atoms in total. The van der Waals surface area contributed by atoms with Crippen molar-refractivity contribution >= 4 is 0 Å². The minimum Gasteiger partial charge on any atom is -0.271 e. The molecule has 0 fully saturated rings. The molecule has 0 amide bonds. The molecule has 1 aromatic carbocycles. The van der Waals surface area contributed by atoms with Gasteiger partial charge < -0.3 is 0 Å². The van der Waals surface area contributed by atoms with E-state index in [0.717, 1.165) is 12.8 Å². The van der Waals surface area contributed by atoms with E-state index < -0.39 is 0 Å². The van der Waals surface area contributed by atoms with Crippen molar-refractivity contribution in [1.82, 2.24) is 5.43 Å². The van der Waals surface area contributed by atoms with E-state index in [4.69, 9.17) is 5.84 Å². The monoisotopic (exact) mass is 290 g/mol. The first-order valence-electron chi connectivity index (χ1n) is 8.78. The first-order chi connectivity index (χ1) is 10.3. The summed E-state index contributed by atoms with van der Waals surface area (Å²) in [5, 5.41) is 0. The molecular weight excluding hydrogens is 256 g/mol. The zero-order valence-electron chi connectivity index (χ0n) is 14.0. The van der Waals surface area contributed by atoms with Crippen LogP contribution in [0.25, 0.3) is 0 Å². The van der Waals surface area contributed by atoms with E-state index in [0.29, 0.717) is 6.04 Å². The summed E-state index contributed by atoms with van der Waals surface area (Å²) in [4.78, 5) is 0. The summed E-state index contributed by atoms with van der Waals surface area (Å²) in [6.45, 7) is 4.42. The van der Waals surface area contributed by atoms with Gasteiger partial charge in [-0.3, -0.25) is 11.3 Å². The van der Waals surface area contributed by atoms with E-state index in [1.165, 1.54) is 62.5 Å². The number of unbranched alkanes of at least 4 members (excludes halogenated alkanes) is 6. The van der Waals surface area contributed by atoms with Crippen LogP contribution in [-0.4, -0.2) is 6.04 Å². The van der Waals surface area contributed by atoms with Crippen LogP contribution >= 0.6 is 0 Å². The SMILES string of the molecule is CCCCCCCCCC(CCc1cccc(C)c1)NN. The van der Waals surface area contributed by atoms with E-state index in [1.807, 2.05) is 0 Å². The van der Waals surface area contributed by atoms with Gasteiger partial charge in [-0.05, 0) is 31.7 Å². The Morgan fingerprint density at radius 3 is 2.38 bits per heavy atom. The number of hydrogen-bond acceptors (Lipinski definition) is 2. The molecule has 0 bridgehead atoms. The van der Waals surface area contributed by atoms with Crippen molar-refractivity contribution in [2.24, 2.45) is 5.84 Å². The van der Waals surface area contributed by atoms with E-state index in [2.05, 4.69) is 43.5 Å². The highest BCUT2D eigenvalue weighted by Crippen LogP contribution is 2.13. The molecule has 120 valence electrons. The van der Waals surface area contributed by atoms with Crippen LogP contribution in [0.5, 0.6) is 0 Å². The molecule has 0 aromatic heterocycles. The van der Waals surface area contributed by atoms with Gasteiger partial charge in [-0.1, -0.05) is 81.7 Å².